The van der Waals surface area contributed by atoms with Crippen LogP contribution in [0.2, 0.25) is 0 Å². The maximum Gasteiger partial charge on any atom is 0.230 e. The number of hydrogen-bond donors (Lipinski definition) is 3. The van der Waals surface area contributed by atoms with Crippen molar-refractivity contribution in [1.29, 1.82) is 0 Å². The number of aromatic hydroxyl groups is 1. The lowest BCUT2D eigenvalue weighted by Gasteiger charge is -2.21. The van der Waals surface area contributed by atoms with Gasteiger partial charge in [-0.05, 0) is 31.5 Å². The van der Waals surface area contributed by atoms with Crippen molar-refractivity contribution in [3.63, 3.8) is 0 Å². The van der Waals surface area contributed by atoms with Gasteiger partial charge in [0.25, 0.3) is 0 Å². The van der Waals surface area contributed by atoms with E-state index in [0.717, 1.165) is 19.4 Å². The lowest BCUT2D eigenvalue weighted by Crippen LogP contribution is -2.37. The lowest BCUT2D eigenvalue weighted by atomic mass is 9.99. The highest BCUT2D eigenvalue weighted by molar-refractivity contribution is 5.93. The van der Waals surface area contributed by atoms with Crippen LogP contribution >= 0.6 is 0 Å². The molecule has 1 aliphatic heterocycles. The van der Waals surface area contributed by atoms with Crippen LogP contribution in [0.1, 0.15) is 12.8 Å². The van der Waals surface area contributed by atoms with Crippen molar-refractivity contribution in [2.45, 2.75) is 12.8 Å². The van der Waals surface area contributed by atoms with Crippen LogP contribution in [0.4, 0.5) is 5.82 Å². The third-order valence-electron chi connectivity index (χ3n) is 2.70. The Kier molecular flexibility index (Phi) is 3.36. The molecule has 3 N–H and O–H groups in total. The van der Waals surface area contributed by atoms with Crippen LogP contribution in [0.3, 0.4) is 0 Å². The normalized spacial score (nSPS) is 20.4. The van der Waals surface area contributed by atoms with Gasteiger partial charge < -0.3 is 15.7 Å². The van der Waals surface area contributed by atoms with Crippen molar-refractivity contribution in [1.82, 2.24) is 10.3 Å². The quantitative estimate of drug-likeness (QED) is 0.688. The molecule has 1 saturated heterocycles. The predicted molar refractivity (Wildman–Crippen MR) is 60.1 cm³/mol. The molecular formula is C11H15N3O2. The summed E-state index contributed by atoms with van der Waals surface area (Å²) in [5.41, 5.74) is 0. The number of pyridine rings is 1. The average Bonchev–Trinajstić information content (AvgIpc) is 2.33. The van der Waals surface area contributed by atoms with Crippen molar-refractivity contribution in [2.75, 3.05) is 18.4 Å². The Hall–Kier alpha value is -1.62. The summed E-state index contributed by atoms with van der Waals surface area (Å²) in [5.74, 6) is 0.119. The number of anilines is 1. The molecule has 86 valence electrons. The predicted octanol–water partition coefficient (Wildman–Crippen LogP) is 0.725. The van der Waals surface area contributed by atoms with Gasteiger partial charge in [0.05, 0.1) is 5.92 Å². The summed E-state index contributed by atoms with van der Waals surface area (Å²) < 4.78 is 0. The van der Waals surface area contributed by atoms with Gasteiger partial charge in [0, 0.05) is 12.7 Å². The molecule has 1 atom stereocenters. The SMILES string of the molecule is O=C(Nc1ncccc1O)C1CCCNC1. The van der Waals surface area contributed by atoms with Crippen LogP contribution in [0.25, 0.3) is 0 Å². The van der Waals surface area contributed by atoms with Crippen LogP contribution in [0, 0.1) is 5.92 Å². The summed E-state index contributed by atoms with van der Waals surface area (Å²) in [6.45, 7) is 1.66. The van der Waals surface area contributed by atoms with E-state index >= 15 is 0 Å². The number of carbonyl (C=O) groups excluding carboxylic acids is 1. The smallest absolute Gasteiger partial charge is 0.230 e. The van der Waals surface area contributed by atoms with E-state index in [1.807, 2.05) is 0 Å². The van der Waals surface area contributed by atoms with Crippen LogP contribution < -0.4 is 10.6 Å². The number of aromatic nitrogens is 1. The third-order valence-corrected chi connectivity index (χ3v) is 2.70. The van der Waals surface area contributed by atoms with Crippen molar-refractivity contribution >= 4 is 11.7 Å². The van der Waals surface area contributed by atoms with Gasteiger partial charge in [0.15, 0.2) is 11.6 Å². The first kappa shape index (κ1) is 10.9. The average molecular weight is 221 g/mol. The Morgan fingerprint density at radius 1 is 1.62 bits per heavy atom. The molecule has 1 aromatic rings. The molecule has 0 spiro atoms. The number of piperidine rings is 1. The molecule has 0 aliphatic carbocycles. The van der Waals surface area contributed by atoms with Gasteiger partial charge in [-0.3, -0.25) is 4.79 Å². The van der Waals surface area contributed by atoms with Gasteiger partial charge in [-0.1, -0.05) is 0 Å². The van der Waals surface area contributed by atoms with E-state index in [2.05, 4.69) is 15.6 Å². The number of rotatable bonds is 2. The van der Waals surface area contributed by atoms with E-state index in [1.54, 1.807) is 6.07 Å². The Labute approximate surface area is 93.9 Å². The van der Waals surface area contributed by atoms with Crippen molar-refractivity contribution < 1.29 is 9.90 Å². The minimum atomic E-state index is -0.0822. The molecule has 5 heteroatoms. The molecule has 0 saturated carbocycles. The third kappa shape index (κ3) is 2.49. The molecule has 2 rings (SSSR count). The number of hydrogen-bond acceptors (Lipinski definition) is 4. The van der Waals surface area contributed by atoms with E-state index in [0.29, 0.717) is 6.54 Å². The highest BCUT2D eigenvalue weighted by Gasteiger charge is 2.21. The molecule has 1 unspecified atom stereocenters. The minimum Gasteiger partial charge on any atom is -0.504 e. The molecule has 2 heterocycles. The van der Waals surface area contributed by atoms with Crippen LogP contribution in [-0.2, 0) is 4.79 Å². The second-order valence-electron chi connectivity index (χ2n) is 3.90. The zero-order valence-corrected chi connectivity index (χ0v) is 8.94. The molecule has 16 heavy (non-hydrogen) atoms. The summed E-state index contributed by atoms with van der Waals surface area (Å²) in [7, 11) is 0. The molecule has 1 aliphatic rings. The molecule has 5 nitrogen and oxygen atoms in total. The maximum absolute atomic E-state index is 11.8. The van der Waals surface area contributed by atoms with E-state index < -0.39 is 0 Å². The number of carbonyl (C=O) groups is 1. The van der Waals surface area contributed by atoms with E-state index in [9.17, 15) is 9.90 Å². The Morgan fingerprint density at radius 3 is 3.19 bits per heavy atom. The first-order valence-corrected chi connectivity index (χ1v) is 5.43. The fourth-order valence-electron chi connectivity index (χ4n) is 1.79. The van der Waals surface area contributed by atoms with Crippen molar-refractivity contribution in [2.24, 2.45) is 5.92 Å². The number of nitrogens with one attached hydrogen (secondary N) is 2. The van der Waals surface area contributed by atoms with Gasteiger partial charge in [-0.2, -0.15) is 0 Å². The molecule has 0 bridgehead atoms. The molecule has 0 aromatic carbocycles. The van der Waals surface area contributed by atoms with Crippen molar-refractivity contribution in [3.8, 4) is 5.75 Å². The topological polar surface area (TPSA) is 74.2 Å². The molecular weight excluding hydrogens is 206 g/mol. The first-order chi connectivity index (χ1) is 7.77. The van der Waals surface area contributed by atoms with E-state index in [1.165, 1.54) is 12.3 Å². The highest BCUT2D eigenvalue weighted by atomic mass is 16.3. The summed E-state index contributed by atoms with van der Waals surface area (Å²) in [5, 5.41) is 15.3. The van der Waals surface area contributed by atoms with Gasteiger partial charge in [0.1, 0.15) is 0 Å². The van der Waals surface area contributed by atoms with E-state index in [4.69, 9.17) is 0 Å². The maximum atomic E-state index is 11.8. The van der Waals surface area contributed by atoms with Crippen molar-refractivity contribution in [3.05, 3.63) is 18.3 Å². The van der Waals surface area contributed by atoms with Crippen LogP contribution in [0.15, 0.2) is 18.3 Å². The summed E-state index contributed by atoms with van der Waals surface area (Å²) in [6, 6.07) is 3.12. The first-order valence-electron chi connectivity index (χ1n) is 5.43. The fraction of sp³-hybridized carbons (Fsp3) is 0.455. The summed E-state index contributed by atoms with van der Waals surface area (Å²) in [4.78, 5) is 15.7. The lowest BCUT2D eigenvalue weighted by molar-refractivity contribution is -0.120. The second kappa shape index (κ2) is 4.94. The fourth-order valence-corrected chi connectivity index (χ4v) is 1.79. The Morgan fingerprint density at radius 2 is 2.50 bits per heavy atom. The van der Waals surface area contributed by atoms with Crippen LogP contribution in [0.5, 0.6) is 5.75 Å². The molecule has 1 aromatic heterocycles. The number of amides is 1. The summed E-state index contributed by atoms with van der Waals surface area (Å²) in [6.07, 6.45) is 3.42. The van der Waals surface area contributed by atoms with Gasteiger partial charge in [0.2, 0.25) is 5.91 Å². The molecule has 1 fully saturated rings. The number of nitrogens with zero attached hydrogens (tertiary/aromatic N) is 1. The monoisotopic (exact) mass is 221 g/mol. The van der Waals surface area contributed by atoms with E-state index in [-0.39, 0.29) is 23.4 Å². The summed E-state index contributed by atoms with van der Waals surface area (Å²) >= 11 is 0. The standard InChI is InChI=1S/C11H15N3O2/c15-9-4-2-6-13-10(9)14-11(16)8-3-1-5-12-7-8/h2,4,6,8,12,15H,1,3,5,7H2,(H,13,14,16). The molecule has 0 radical (unpaired) electrons. The van der Waals surface area contributed by atoms with Crippen LogP contribution in [-0.4, -0.2) is 29.1 Å². The minimum absolute atomic E-state index is 0.000353. The van der Waals surface area contributed by atoms with Gasteiger partial charge in [-0.25, -0.2) is 4.98 Å². The zero-order chi connectivity index (χ0) is 11.4. The van der Waals surface area contributed by atoms with Gasteiger partial charge in [-0.15, -0.1) is 0 Å². The largest absolute Gasteiger partial charge is 0.504 e. The highest BCUT2D eigenvalue weighted by Crippen LogP contribution is 2.20. The van der Waals surface area contributed by atoms with Gasteiger partial charge >= 0.3 is 0 Å². The second-order valence-corrected chi connectivity index (χ2v) is 3.90. The Bertz CT molecular complexity index is 375. The Balaban J connectivity index is 1.99. The molecule has 1 amide bonds. The zero-order valence-electron chi connectivity index (χ0n) is 8.94.